The molecule has 3 aromatic rings. The van der Waals surface area contributed by atoms with Crippen molar-refractivity contribution < 1.29 is 4.79 Å². The van der Waals surface area contributed by atoms with Gasteiger partial charge in [-0.2, -0.15) is 5.10 Å². The van der Waals surface area contributed by atoms with Gasteiger partial charge in [0.15, 0.2) is 0 Å². The van der Waals surface area contributed by atoms with E-state index < -0.39 is 0 Å². The lowest BCUT2D eigenvalue weighted by atomic mass is 10.1. The van der Waals surface area contributed by atoms with E-state index >= 15 is 0 Å². The van der Waals surface area contributed by atoms with Gasteiger partial charge in [-0.05, 0) is 30.7 Å². The van der Waals surface area contributed by atoms with Crippen molar-refractivity contribution in [2.45, 2.75) is 25.9 Å². The van der Waals surface area contributed by atoms with E-state index in [1.807, 2.05) is 49.4 Å². The second-order valence-corrected chi connectivity index (χ2v) is 5.65. The zero-order chi connectivity index (χ0) is 16.8. The zero-order valence-corrected chi connectivity index (χ0v) is 13.5. The highest BCUT2D eigenvalue weighted by Crippen LogP contribution is 2.11. The Labute approximate surface area is 140 Å². The first kappa shape index (κ1) is 15.9. The minimum Gasteiger partial charge on any atom is -0.349 e. The monoisotopic (exact) mass is 321 g/mol. The third-order valence-corrected chi connectivity index (χ3v) is 3.68. The van der Waals surface area contributed by atoms with Crippen molar-refractivity contribution in [3.63, 3.8) is 0 Å². The summed E-state index contributed by atoms with van der Waals surface area (Å²) in [5.41, 5.74) is 2.52. The van der Waals surface area contributed by atoms with Crippen LogP contribution in [-0.4, -0.2) is 31.7 Å². The standard InChI is InChI=1S/C18H19N5O/c1-14(10-16-7-4-5-9-20-16)22-18(24)17-8-3-2-6-15(17)11-23-13-19-12-21-23/h2-9,12-14H,10-11H2,1H3,(H,22,24)/t14-/m0/s1. The van der Waals surface area contributed by atoms with Crippen LogP contribution in [0.15, 0.2) is 61.3 Å². The molecule has 0 radical (unpaired) electrons. The van der Waals surface area contributed by atoms with Gasteiger partial charge in [-0.1, -0.05) is 24.3 Å². The van der Waals surface area contributed by atoms with Crippen LogP contribution >= 0.6 is 0 Å². The van der Waals surface area contributed by atoms with Crippen LogP contribution in [0.25, 0.3) is 0 Å². The number of rotatable bonds is 6. The van der Waals surface area contributed by atoms with Crippen molar-refractivity contribution in [2.24, 2.45) is 0 Å². The quantitative estimate of drug-likeness (QED) is 0.754. The second kappa shape index (κ2) is 7.50. The molecule has 1 N–H and O–H groups in total. The molecule has 1 atom stereocenters. The summed E-state index contributed by atoms with van der Waals surface area (Å²) in [6, 6.07) is 13.3. The van der Waals surface area contributed by atoms with Crippen LogP contribution in [0.5, 0.6) is 0 Å². The number of amides is 1. The molecule has 0 aliphatic carbocycles. The highest BCUT2D eigenvalue weighted by molar-refractivity contribution is 5.95. The minimum absolute atomic E-state index is 0.00757. The molecule has 0 spiro atoms. The number of nitrogens with zero attached hydrogens (tertiary/aromatic N) is 4. The van der Waals surface area contributed by atoms with Crippen LogP contribution in [-0.2, 0) is 13.0 Å². The fourth-order valence-electron chi connectivity index (χ4n) is 2.55. The van der Waals surface area contributed by atoms with E-state index in [-0.39, 0.29) is 11.9 Å². The van der Waals surface area contributed by atoms with E-state index in [2.05, 4.69) is 20.4 Å². The average Bonchev–Trinajstić information content (AvgIpc) is 3.09. The Hall–Kier alpha value is -3.02. The van der Waals surface area contributed by atoms with E-state index in [0.717, 1.165) is 11.3 Å². The molecule has 1 aromatic carbocycles. The van der Waals surface area contributed by atoms with E-state index in [9.17, 15) is 4.79 Å². The molecule has 0 unspecified atom stereocenters. The Bertz CT molecular complexity index is 786. The molecule has 0 bridgehead atoms. The van der Waals surface area contributed by atoms with Gasteiger partial charge in [0.25, 0.3) is 5.91 Å². The lowest BCUT2D eigenvalue weighted by molar-refractivity contribution is 0.0939. The van der Waals surface area contributed by atoms with Gasteiger partial charge in [-0.25, -0.2) is 9.67 Å². The number of pyridine rings is 1. The molecule has 0 saturated carbocycles. The molecular weight excluding hydrogens is 302 g/mol. The molecule has 1 amide bonds. The second-order valence-electron chi connectivity index (χ2n) is 5.65. The molecule has 0 aliphatic heterocycles. The van der Waals surface area contributed by atoms with E-state index in [0.29, 0.717) is 18.5 Å². The first-order valence-corrected chi connectivity index (χ1v) is 7.83. The van der Waals surface area contributed by atoms with Crippen LogP contribution in [0, 0.1) is 0 Å². The Morgan fingerprint density at radius 3 is 2.79 bits per heavy atom. The van der Waals surface area contributed by atoms with E-state index in [1.54, 1.807) is 17.2 Å². The molecule has 0 saturated heterocycles. The molecule has 3 rings (SSSR count). The molecule has 122 valence electrons. The van der Waals surface area contributed by atoms with E-state index in [1.165, 1.54) is 6.33 Å². The molecule has 6 nitrogen and oxygen atoms in total. The number of carbonyl (C=O) groups is 1. The number of carbonyl (C=O) groups excluding carboxylic acids is 1. The van der Waals surface area contributed by atoms with Crippen molar-refractivity contribution >= 4 is 5.91 Å². The maximum absolute atomic E-state index is 12.6. The van der Waals surface area contributed by atoms with Crippen molar-refractivity contribution in [1.29, 1.82) is 0 Å². The molecule has 0 aliphatic rings. The summed E-state index contributed by atoms with van der Waals surface area (Å²) in [6.45, 7) is 2.49. The molecule has 2 heterocycles. The maximum Gasteiger partial charge on any atom is 0.251 e. The SMILES string of the molecule is C[C@@H](Cc1ccccn1)NC(=O)c1ccccc1Cn1cncn1. The van der Waals surface area contributed by atoms with Crippen LogP contribution in [0.2, 0.25) is 0 Å². The zero-order valence-electron chi connectivity index (χ0n) is 13.5. The van der Waals surface area contributed by atoms with Crippen LogP contribution in [0.3, 0.4) is 0 Å². The summed E-state index contributed by atoms with van der Waals surface area (Å²) in [4.78, 5) is 20.8. The number of hydrogen-bond donors (Lipinski definition) is 1. The Morgan fingerprint density at radius 1 is 1.21 bits per heavy atom. The van der Waals surface area contributed by atoms with Crippen molar-refractivity contribution in [2.75, 3.05) is 0 Å². The Kier molecular flexibility index (Phi) is 4.96. The topological polar surface area (TPSA) is 72.7 Å². The van der Waals surface area contributed by atoms with Gasteiger partial charge in [-0.15, -0.1) is 0 Å². The van der Waals surface area contributed by atoms with Gasteiger partial charge in [0.1, 0.15) is 12.7 Å². The molecular formula is C18H19N5O. The summed E-state index contributed by atoms with van der Waals surface area (Å²) in [7, 11) is 0. The van der Waals surface area contributed by atoms with Crippen molar-refractivity contribution in [3.8, 4) is 0 Å². The predicted molar refractivity (Wildman–Crippen MR) is 90.4 cm³/mol. The third kappa shape index (κ3) is 4.04. The molecule has 0 fully saturated rings. The van der Waals surface area contributed by atoms with Gasteiger partial charge in [-0.3, -0.25) is 9.78 Å². The van der Waals surface area contributed by atoms with Gasteiger partial charge < -0.3 is 5.32 Å². The summed E-state index contributed by atoms with van der Waals surface area (Å²) in [5.74, 6) is -0.0888. The first-order valence-electron chi connectivity index (χ1n) is 7.83. The van der Waals surface area contributed by atoms with Crippen LogP contribution < -0.4 is 5.32 Å². The number of hydrogen-bond acceptors (Lipinski definition) is 4. The Balaban J connectivity index is 1.68. The number of aromatic nitrogens is 4. The largest absolute Gasteiger partial charge is 0.349 e. The molecule has 6 heteroatoms. The molecule has 24 heavy (non-hydrogen) atoms. The fraction of sp³-hybridized carbons (Fsp3) is 0.222. The van der Waals surface area contributed by atoms with Crippen molar-refractivity contribution in [3.05, 3.63) is 78.1 Å². The summed E-state index contributed by atoms with van der Waals surface area (Å²) in [6.07, 6.45) is 5.57. The lowest BCUT2D eigenvalue weighted by Gasteiger charge is -2.15. The predicted octanol–water partition coefficient (Wildman–Crippen LogP) is 2.08. The normalized spacial score (nSPS) is 11.9. The summed E-state index contributed by atoms with van der Waals surface area (Å²) in [5, 5.41) is 7.13. The van der Waals surface area contributed by atoms with E-state index in [4.69, 9.17) is 0 Å². The van der Waals surface area contributed by atoms with Crippen LogP contribution in [0.4, 0.5) is 0 Å². The smallest absolute Gasteiger partial charge is 0.251 e. The molecule has 2 aromatic heterocycles. The first-order chi connectivity index (χ1) is 11.7. The third-order valence-electron chi connectivity index (χ3n) is 3.68. The Morgan fingerprint density at radius 2 is 2.04 bits per heavy atom. The minimum atomic E-state index is -0.0888. The van der Waals surface area contributed by atoms with Crippen molar-refractivity contribution in [1.82, 2.24) is 25.1 Å². The van der Waals surface area contributed by atoms with Gasteiger partial charge >= 0.3 is 0 Å². The van der Waals surface area contributed by atoms with Gasteiger partial charge in [0.2, 0.25) is 0 Å². The maximum atomic E-state index is 12.6. The summed E-state index contributed by atoms with van der Waals surface area (Å²) >= 11 is 0. The number of nitrogens with one attached hydrogen (secondary N) is 1. The van der Waals surface area contributed by atoms with Gasteiger partial charge in [0, 0.05) is 29.9 Å². The summed E-state index contributed by atoms with van der Waals surface area (Å²) < 4.78 is 1.70. The highest BCUT2D eigenvalue weighted by atomic mass is 16.1. The average molecular weight is 321 g/mol. The lowest BCUT2D eigenvalue weighted by Crippen LogP contribution is -2.35. The highest BCUT2D eigenvalue weighted by Gasteiger charge is 2.14. The van der Waals surface area contributed by atoms with Gasteiger partial charge in [0.05, 0.1) is 6.54 Å². The van der Waals surface area contributed by atoms with Crippen LogP contribution in [0.1, 0.15) is 28.5 Å². The fourth-order valence-corrected chi connectivity index (χ4v) is 2.55. The number of benzene rings is 1.